The van der Waals surface area contributed by atoms with Crippen molar-refractivity contribution in [2.75, 3.05) is 6.61 Å². The van der Waals surface area contributed by atoms with E-state index in [0.29, 0.717) is 18.6 Å². The van der Waals surface area contributed by atoms with Gasteiger partial charge in [0, 0.05) is 0 Å². The van der Waals surface area contributed by atoms with Gasteiger partial charge in [0.25, 0.3) is 0 Å². The molecule has 0 bridgehead atoms. The number of nitrogens with two attached hydrogens (primary N) is 1. The summed E-state index contributed by atoms with van der Waals surface area (Å²) in [7, 11) is 0. The van der Waals surface area contributed by atoms with Crippen LogP contribution in [0.1, 0.15) is 24.1 Å². The Labute approximate surface area is 128 Å². The fraction of sp³-hybridized carbons (Fsp3) is 0.250. The fourth-order valence-corrected chi connectivity index (χ4v) is 2.39. The first-order valence-electron chi connectivity index (χ1n) is 6.77. The number of rotatable bonds is 6. The lowest BCUT2D eigenvalue weighted by atomic mass is 9.99. The third-order valence-corrected chi connectivity index (χ3v) is 3.65. The quantitative estimate of drug-likeness (QED) is 0.633. The number of halogens is 2. The monoisotopic (exact) mass is 308 g/mol. The van der Waals surface area contributed by atoms with Crippen molar-refractivity contribution in [2.24, 2.45) is 5.84 Å². The van der Waals surface area contributed by atoms with E-state index >= 15 is 0 Å². The smallest absolute Gasteiger partial charge is 0.142 e. The summed E-state index contributed by atoms with van der Waals surface area (Å²) in [5, 5.41) is 0.138. The second-order valence-corrected chi connectivity index (χ2v) is 5.02. The van der Waals surface area contributed by atoms with Crippen molar-refractivity contribution in [1.82, 2.24) is 5.43 Å². The molecule has 3 N–H and O–H groups in total. The lowest BCUT2D eigenvalue weighted by Gasteiger charge is -2.18. The van der Waals surface area contributed by atoms with Gasteiger partial charge in [-0.1, -0.05) is 35.9 Å². The number of ether oxygens (including phenoxy) is 1. The van der Waals surface area contributed by atoms with E-state index in [0.717, 1.165) is 11.3 Å². The standard InChI is InChI=1S/C16H18ClFN2O/c1-2-21-13-7-3-5-11(9-13)15(20-19)10-12-6-4-8-14(18)16(12)17/h3-9,15,20H,2,10,19H2,1H3. The van der Waals surface area contributed by atoms with Crippen LogP contribution in [0.4, 0.5) is 4.39 Å². The molecule has 2 aromatic carbocycles. The largest absolute Gasteiger partial charge is 0.494 e. The molecule has 112 valence electrons. The summed E-state index contributed by atoms with van der Waals surface area (Å²) in [6.07, 6.45) is 0.489. The Bertz CT molecular complexity index is 607. The van der Waals surface area contributed by atoms with Crippen LogP contribution in [-0.4, -0.2) is 6.61 Å². The molecule has 0 saturated carbocycles. The lowest BCUT2D eigenvalue weighted by molar-refractivity contribution is 0.339. The van der Waals surface area contributed by atoms with Crippen molar-refractivity contribution in [3.63, 3.8) is 0 Å². The van der Waals surface area contributed by atoms with E-state index in [-0.39, 0.29) is 11.1 Å². The van der Waals surface area contributed by atoms with Gasteiger partial charge in [0.15, 0.2) is 0 Å². The van der Waals surface area contributed by atoms with Crippen LogP contribution < -0.4 is 16.0 Å². The first kappa shape index (κ1) is 15.8. The topological polar surface area (TPSA) is 47.3 Å². The third-order valence-electron chi connectivity index (χ3n) is 3.23. The Morgan fingerprint density at radius 1 is 1.29 bits per heavy atom. The molecule has 3 nitrogen and oxygen atoms in total. The highest BCUT2D eigenvalue weighted by atomic mass is 35.5. The molecule has 0 saturated heterocycles. The maximum absolute atomic E-state index is 13.5. The van der Waals surface area contributed by atoms with Crippen molar-refractivity contribution in [2.45, 2.75) is 19.4 Å². The van der Waals surface area contributed by atoms with E-state index in [1.54, 1.807) is 12.1 Å². The molecule has 0 heterocycles. The zero-order chi connectivity index (χ0) is 15.2. The molecule has 1 unspecified atom stereocenters. The van der Waals surface area contributed by atoms with E-state index in [1.807, 2.05) is 31.2 Å². The lowest BCUT2D eigenvalue weighted by Crippen LogP contribution is -2.29. The van der Waals surface area contributed by atoms with Gasteiger partial charge in [0.2, 0.25) is 0 Å². The SMILES string of the molecule is CCOc1cccc(C(Cc2cccc(F)c2Cl)NN)c1. The molecule has 0 fully saturated rings. The Kier molecular flexibility index (Phi) is 5.56. The first-order valence-corrected chi connectivity index (χ1v) is 7.15. The van der Waals surface area contributed by atoms with Gasteiger partial charge in [0.05, 0.1) is 17.7 Å². The van der Waals surface area contributed by atoms with E-state index in [9.17, 15) is 4.39 Å². The van der Waals surface area contributed by atoms with E-state index < -0.39 is 5.82 Å². The molecule has 0 radical (unpaired) electrons. The van der Waals surface area contributed by atoms with Crippen LogP contribution in [0.2, 0.25) is 5.02 Å². The molecule has 0 aliphatic carbocycles. The number of hydrogen-bond donors (Lipinski definition) is 2. The first-order chi connectivity index (χ1) is 10.2. The molecule has 0 aliphatic rings. The molecule has 0 spiro atoms. The minimum absolute atomic E-state index is 0.138. The molecule has 0 aliphatic heterocycles. The van der Waals surface area contributed by atoms with Gasteiger partial charge in [-0.15, -0.1) is 0 Å². The van der Waals surface area contributed by atoms with Crippen molar-refractivity contribution >= 4 is 11.6 Å². The van der Waals surface area contributed by atoms with E-state index in [1.165, 1.54) is 6.07 Å². The highest BCUT2D eigenvalue weighted by Gasteiger charge is 2.15. The molecule has 2 rings (SSSR count). The Balaban J connectivity index is 2.23. The number of hydrazine groups is 1. The predicted molar refractivity (Wildman–Crippen MR) is 82.8 cm³/mol. The maximum atomic E-state index is 13.5. The molecule has 1 atom stereocenters. The van der Waals surface area contributed by atoms with Gasteiger partial charge in [-0.2, -0.15) is 0 Å². The predicted octanol–water partition coefficient (Wildman–Crippen LogP) is 3.62. The van der Waals surface area contributed by atoms with Crippen LogP contribution in [0.15, 0.2) is 42.5 Å². The van der Waals surface area contributed by atoms with Crippen molar-refractivity contribution < 1.29 is 9.13 Å². The van der Waals surface area contributed by atoms with Gasteiger partial charge in [0.1, 0.15) is 11.6 Å². The minimum atomic E-state index is -0.423. The van der Waals surface area contributed by atoms with Gasteiger partial charge >= 0.3 is 0 Å². The summed E-state index contributed by atoms with van der Waals surface area (Å²) in [6.45, 7) is 2.53. The summed E-state index contributed by atoms with van der Waals surface area (Å²) in [4.78, 5) is 0. The highest BCUT2D eigenvalue weighted by molar-refractivity contribution is 6.31. The van der Waals surface area contributed by atoms with Crippen LogP contribution in [0.3, 0.4) is 0 Å². The third kappa shape index (κ3) is 3.94. The molecule has 0 amide bonds. The van der Waals surface area contributed by atoms with Crippen LogP contribution in [-0.2, 0) is 6.42 Å². The van der Waals surface area contributed by atoms with Gasteiger partial charge in [-0.05, 0) is 42.7 Å². The van der Waals surface area contributed by atoms with Crippen LogP contribution in [0, 0.1) is 5.82 Å². The summed E-state index contributed by atoms with van der Waals surface area (Å²) in [6, 6.07) is 12.2. The average molecular weight is 309 g/mol. The average Bonchev–Trinajstić information content (AvgIpc) is 2.49. The van der Waals surface area contributed by atoms with Crippen LogP contribution in [0.25, 0.3) is 0 Å². The van der Waals surface area contributed by atoms with E-state index in [4.69, 9.17) is 22.2 Å². The van der Waals surface area contributed by atoms with Gasteiger partial charge in [-0.3, -0.25) is 11.3 Å². The molecule has 21 heavy (non-hydrogen) atoms. The van der Waals surface area contributed by atoms with Crippen LogP contribution in [0.5, 0.6) is 5.75 Å². The van der Waals surface area contributed by atoms with E-state index in [2.05, 4.69) is 5.43 Å². The molecular weight excluding hydrogens is 291 g/mol. The molecular formula is C16H18ClFN2O. The normalized spacial score (nSPS) is 12.2. The fourth-order valence-electron chi connectivity index (χ4n) is 2.19. The van der Waals surface area contributed by atoms with Crippen molar-refractivity contribution in [3.05, 3.63) is 64.4 Å². The summed E-state index contributed by atoms with van der Waals surface area (Å²) in [5.74, 6) is 5.99. The minimum Gasteiger partial charge on any atom is -0.494 e. The molecule has 0 aromatic heterocycles. The number of benzene rings is 2. The second-order valence-electron chi connectivity index (χ2n) is 4.64. The Hall–Kier alpha value is -1.62. The zero-order valence-electron chi connectivity index (χ0n) is 11.8. The number of nitrogens with one attached hydrogen (secondary N) is 1. The summed E-state index contributed by atoms with van der Waals surface area (Å²) in [5.41, 5.74) is 4.42. The number of hydrogen-bond acceptors (Lipinski definition) is 3. The highest BCUT2D eigenvalue weighted by Crippen LogP contribution is 2.26. The maximum Gasteiger partial charge on any atom is 0.142 e. The second kappa shape index (κ2) is 7.41. The molecule has 5 heteroatoms. The molecule has 2 aromatic rings. The van der Waals surface area contributed by atoms with Crippen molar-refractivity contribution in [1.29, 1.82) is 0 Å². The summed E-state index contributed by atoms with van der Waals surface area (Å²) < 4.78 is 19.0. The zero-order valence-corrected chi connectivity index (χ0v) is 12.5. The Morgan fingerprint density at radius 2 is 2.05 bits per heavy atom. The Morgan fingerprint density at radius 3 is 2.76 bits per heavy atom. The van der Waals surface area contributed by atoms with Gasteiger partial charge in [-0.25, -0.2) is 4.39 Å². The van der Waals surface area contributed by atoms with Crippen molar-refractivity contribution in [3.8, 4) is 5.75 Å². The van der Waals surface area contributed by atoms with Gasteiger partial charge < -0.3 is 4.74 Å². The van der Waals surface area contributed by atoms with Crippen LogP contribution >= 0.6 is 11.6 Å². The summed E-state index contributed by atoms with van der Waals surface area (Å²) >= 11 is 5.99.